The van der Waals surface area contributed by atoms with Gasteiger partial charge in [-0.25, -0.2) is 4.98 Å². The van der Waals surface area contributed by atoms with Crippen LogP contribution in [0.25, 0.3) is 0 Å². The molecule has 0 saturated heterocycles. The number of aliphatic carboxylic acids is 1. The fourth-order valence-corrected chi connectivity index (χ4v) is 3.14. The van der Waals surface area contributed by atoms with Crippen LogP contribution in [-0.4, -0.2) is 45.7 Å². The Morgan fingerprint density at radius 2 is 2.15 bits per heavy atom. The van der Waals surface area contributed by atoms with E-state index in [1.807, 2.05) is 6.26 Å². The maximum absolute atomic E-state index is 12.7. The van der Waals surface area contributed by atoms with E-state index in [0.29, 0.717) is 10.6 Å². The molecular formula is C14H18N2O3S. The Bertz CT molecular complexity index is 501. The number of amides is 1. The molecule has 1 saturated carbocycles. The van der Waals surface area contributed by atoms with Gasteiger partial charge in [-0.05, 0) is 31.2 Å². The molecule has 0 atom stereocenters. The number of hydrogen-bond donors (Lipinski definition) is 1. The Morgan fingerprint density at radius 3 is 2.75 bits per heavy atom. The van der Waals surface area contributed by atoms with E-state index in [4.69, 9.17) is 5.11 Å². The van der Waals surface area contributed by atoms with Gasteiger partial charge in [0.2, 0.25) is 0 Å². The summed E-state index contributed by atoms with van der Waals surface area (Å²) in [5.74, 6) is -1.20. The van der Waals surface area contributed by atoms with Crippen LogP contribution < -0.4 is 0 Å². The van der Waals surface area contributed by atoms with E-state index >= 15 is 0 Å². The van der Waals surface area contributed by atoms with Gasteiger partial charge in [-0.15, -0.1) is 11.8 Å². The summed E-state index contributed by atoms with van der Waals surface area (Å²) in [5, 5.41) is 9.70. The van der Waals surface area contributed by atoms with Crippen LogP contribution in [0.5, 0.6) is 0 Å². The van der Waals surface area contributed by atoms with Gasteiger partial charge in [-0.1, -0.05) is 12.8 Å². The SMILES string of the molecule is CSc1ncccc1C(=O)N(CC(=O)O)C1CCCC1. The molecule has 0 radical (unpaired) electrons. The summed E-state index contributed by atoms with van der Waals surface area (Å²) >= 11 is 1.40. The summed E-state index contributed by atoms with van der Waals surface area (Å²) in [6.45, 7) is -0.244. The molecule has 0 bridgehead atoms. The number of carboxylic acid groups (broad SMARTS) is 1. The number of hydrogen-bond acceptors (Lipinski definition) is 4. The zero-order valence-corrected chi connectivity index (χ0v) is 12.2. The van der Waals surface area contributed by atoms with Gasteiger partial charge < -0.3 is 10.0 Å². The molecule has 2 rings (SSSR count). The van der Waals surface area contributed by atoms with E-state index in [9.17, 15) is 9.59 Å². The zero-order chi connectivity index (χ0) is 14.5. The molecule has 5 nitrogen and oxygen atoms in total. The number of thioether (sulfide) groups is 1. The third kappa shape index (κ3) is 3.30. The van der Waals surface area contributed by atoms with Gasteiger partial charge >= 0.3 is 5.97 Å². The van der Waals surface area contributed by atoms with Gasteiger partial charge in [0.1, 0.15) is 11.6 Å². The highest BCUT2D eigenvalue weighted by Crippen LogP contribution is 2.26. The second kappa shape index (κ2) is 6.74. The maximum Gasteiger partial charge on any atom is 0.323 e. The van der Waals surface area contributed by atoms with Crippen molar-refractivity contribution in [3.8, 4) is 0 Å². The van der Waals surface area contributed by atoms with E-state index < -0.39 is 5.97 Å². The van der Waals surface area contributed by atoms with Crippen molar-refractivity contribution in [3.63, 3.8) is 0 Å². The van der Waals surface area contributed by atoms with Crippen molar-refractivity contribution < 1.29 is 14.7 Å². The third-order valence-electron chi connectivity index (χ3n) is 3.53. The molecule has 20 heavy (non-hydrogen) atoms. The molecular weight excluding hydrogens is 276 g/mol. The van der Waals surface area contributed by atoms with Gasteiger partial charge in [-0.3, -0.25) is 9.59 Å². The molecule has 1 fully saturated rings. The number of carbonyl (C=O) groups excluding carboxylic acids is 1. The van der Waals surface area contributed by atoms with Crippen LogP contribution in [-0.2, 0) is 4.79 Å². The topological polar surface area (TPSA) is 70.5 Å². The monoisotopic (exact) mass is 294 g/mol. The van der Waals surface area contributed by atoms with E-state index in [0.717, 1.165) is 25.7 Å². The predicted molar refractivity (Wildman–Crippen MR) is 76.9 cm³/mol. The van der Waals surface area contributed by atoms with Crippen molar-refractivity contribution in [2.45, 2.75) is 36.8 Å². The largest absolute Gasteiger partial charge is 0.480 e. The first-order valence-electron chi connectivity index (χ1n) is 6.65. The summed E-state index contributed by atoms with van der Waals surface area (Å²) in [7, 11) is 0. The lowest BCUT2D eigenvalue weighted by Gasteiger charge is -2.27. The first-order valence-corrected chi connectivity index (χ1v) is 7.87. The number of carbonyl (C=O) groups is 2. The normalized spacial score (nSPS) is 15.2. The minimum Gasteiger partial charge on any atom is -0.480 e. The summed E-state index contributed by atoms with van der Waals surface area (Å²) in [6.07, 6.45) is 7.37. The molecule has 1 aliphatic carbocycles. The van der Waals surface area contributed by atoms with Crippen molar-refractivity contribution >= 4 is 23.6 Å². The summed E-state index contributed by atoms with van der Waals surface area (Å²) in [4.78, 5) is 29.4. The highest BCUT2D eigenvalue weighted by molar-refractivity contribution is 7.98. The fourth-order valence-electron chi connectivity index (χ4n) is 2.60. The Morgan fingerprint density at radius 1 is 1.45 bits per heavy atom. The van der Waals surface area contributed by atoms with Crippen LogP contribution >= 0.6 is 11.8 Å². The lowest BCUT2D eigenvalue weighted by atomic mass is 10.1. The molecule has 1 aromatic rings. The Labute approximate surface area is 122 Å². The standard InChI is InChI=1S/C14H18N2O3S/c1-20-13-11(7-4-8-15-13)14(19)16(9-12(17)18)10-5-2-3-6-10/h4,7-8,10H,2-3,5-6,9H2,1H3,(H,17,18). The van der Waals surface area contributed by atoms with E-state index in [1.165, 1.54) is 16.7 Å². The molecule has 0 spiro atoms. The maximum atomic E-state index is 12.7. The number of carboxylic acids is 1. The first-order chi connectivity index (χ1) is 9.63. The number of rotatable bonds is 5. The first kappa shape index (κ1) is 14.8. The Balaban J connectivity index is 2.27. The van der Waals surface area contributed by atoms with Gasteiger partial charge in [0, 0.05) is 12.2 Å². The van der Waals surface area contributed by atoms with Crippen molar-refractivity contribution in [3.05, 3.63) is 23.9 Å². The van der Waals surface area contributed by atoms with Gasteiger partial charge in [0.05, 0.1) is 5.56 Å². The molecule has 1 N–H and O–H groups in total. The second-order valence-corrected chi connectivity index (χ2v) is 5.62. The van der Waals surface area contributed by atoms with Crippen LogP contribution in [0.3, 0.4) is 0 Å². The molecule has 108 valence electrons. The molecule has 6 heteroatoms. The van der Waals surface area contributed by atoms with Gasteiger partial charge in [-0.2, -0.15) is 0 Å². The summed E-state index contributed by atoms with van der Waals surface area (Å²) < 4.78 is 0. The third-order valence-corrected chi connectivity index (χ3v) is 4.24. The lowest BCUT2D eigenvalue weighted by molar-refractivity contribution is -0.138. The predicted octanol–water partition coefficient (Wildman–Crippen LogP) is 2.27. The zero-order valence-electron chi connectivity index (χ0n) is 11.4. The Hall–Kier alpha value is -1.56. The van der Waals surface area contributed by atoms with Crippen molar-refractivity contribution in [1.29, 1.82) is 0 Å². The number of nitrogens with zero attached hydrogens (tertiary/aromatic N) is 2. The fraction of sp³-hybridized carbons (Fsp3) is 0.500. The second-order valence-electron chi connectivity index (χ2n) is 4.83. The van der Waals surface area contributed by atoms with E-state index in [1.54, 1.807) is 18.3 Å². The van der Waals surface area contributed by atoms with Crippen LogP contribution in [0.1, 0.15) is 36.0 Å². The average molecular weight is 294 g/mol. The van der Waals surface area contributed by atoms with Gasteiger partial charge in [0.25, 0.3) is 5.91 Å². The molecule has 1 aliphatic rings. The highest BCUT2D eigenvalue weighted by atomic mass is 32.2. The smallest absolute Gasteiger partial charge is 0.323 e. The molecule has 1 aromatic heterocycles. The molecule has 0 aliphatic heterocycles. The minimum atomic E-state index is -0.972. The Kier molecular flexibility index (Phi) is 5.00. The van der Waals surface area contributed by atoms with Crippen LogP contribution in [0.15, 0.2) is 23.4 Å². The lowest BCUT2D eigenvalue weighted by Crippen LogP contribution is -2.42. The van der Waals surface area contributed by atoms with Crippen LogP contribution in [0.2, 0.25) is 0 Å². The molecule has 0 aromatic carbocycles. The van der Waals surface area contributed by atoms with Crippen LogP contribution in [0.4, 0.5) is 0 Å². The van der Waals surface area contributed by atoms with Crippen molar-refractivity contribution in [2.75, 3.05) is 12.8 Å². The quantitative estimate of drug-likeness (QED) is 0.844. The number of aromatic nitrogens is 1. The minimum absolute atomic E-state index is 0.0357. The highest BCUT2D eigenvalue weighted by Gasteiger charge is 2.30. The van der Waals surface area contributed by atoms with E-state index in [-0.39, 0.29) is 18.5 Å². The summed E-state index contributed by atoms with van der Waals surface area (Å²) in [5.41, 5.74) is 0.494. The van der Waals surface area contributed by atoms with E-state index in [2.05, 4.69) is 4.98 Å². The van der Waals surface area contributed by atoms with Crippen molar-refractivity contribution in [2.24, 2.45) is 0 Å². The number of pyridine rings is 1. The van der Waals surface area contributed by atoms with Gasteiger partial charge in [0.15, 0.2) is 0 Å². The molecule has 1 amide bonds. The molecule has 1 heterocycles. The summed E-state index contributed by atoms with van der Waals surface area (Å²) in [6, 6.07) is 3.46. The van der Waals surface area contributed by atoms with Crippen molar-refractivity contribution in [1.82, 2.24) is 9.88 Å². The molecule has 0 unspecified atom stereocenters. The van der Waals surface area contributed by atoms with Crippen LogP contribution in [0, 0.1) is 0 Å². The average Bonchev–Trinajstić information content (AvgIpc) is 2.97.